The SMILES string of the molecule is c1ccc2c(c1)sc1ccc3c4ccncc4c4nccn4c3c12. The van der Waals surface area contributed by atoms with Crippen molar-refractivity contribution in [3.63, 3.8) is 0 Å². The second-order valence-corrected chi connectivity index (χ2v) is 7.06. The molecule has 0 atom stereocenters. The fourth-order valence-electron chi connectivity index (χ4n) is 3.76. The van der Waals surface area contributed by atoms with Gasteiger partial charge in [-0.1, -0.05) is 24.3 Å². The minimum atomic E-state index is 0.966. The number of fused-ring (bicyclic) bond motifs is 10. The molecule has 0 unspecified atom stereocenters. The Morgan fingerprint density at radius 1 is 0.792 bits per heavy atom. The van der Waals surface area contributed by atoms with Crippen molar-refractivity contribution in [3.05, 3.63) is 67.3 Å². The maximum atomic E-state index is 4.59. The predicted molar refractivity (Wildman–Crippen MR) is 101 cm³/mol. The summed E-state index contributed by atoms with van der Waals surface area (Å²) >= 11 is 1.85. The van der Waals surface area contributed by atoms with Crippen LogP contribution in [0.4, 0.5) is 0 Å². The minimum Gasteiger partial charge on any atom is -0.298 e. The van der Waals surface area contributed by atoms with Gasteiger partial charge in [0.05, 0.1) is 5.52 Å². The van der Waals surface area contributed by atoms with Gasteiger partial charge in [-0.3, -0.25) is 9.38 Å². The molecule has 6 rings (SSSR count). The quantitative estimate of drug-likeness (QED) is 0.350. The van der Waals surface area contributed by atoms with Gasteiger partial charge in [0.2, 0.25) is 0 Å². The number of pyridine rings is 2. The first-order valence-electron chi connectivity index (χ1n) is 7.84. The number of rotatable bonds is 0. The number of hydrogen-bond acceptors (Lipinski definition) is 3. The van der Waals surface area contributed by atoms with Crippen molar-refractivity contribution in [2.45, 2.75) is 0 Å². The van der Waals surface area contributed by atoms with E-state index < -0.39 is 0 Å². The van der Waals surface area contributed by atoms with E-state index in [1.807, 2.05) is 29.9 Å². The second kappa shape index (κ2) is 4.30. The zero-order valence-corrected chi connectivity index (χ0v) is 13.4. The highest BCUT2D eigenvalue weighted by Crippen LogP contribution is 2.40. The van der Waals surface area contributed by atoms with Gasteiger partial charge < -0.3 is 0 Å². The van der Waals surface area contributed by atoms with Gasteiger partial charge in [-0.15, -0.1) is 11.3 Å². The smallest absolute Gasteiger partial charge is 0.146 e. The molecule has 6 aromatic rings. The van der Waals surface area contributed by atoms with Crippen LogP contribution in [0.1, 0.15) is 0 Å². The van der Waals surface area contributed by atoms with Crippen LogP contribution >= 0.6 is 11.3 Å². The molecule has 0 N–H and O–H groups in total. The summed E-state index contributed by atoms with van der Waals surface area (Å²) in [6, 6.07) is 15.2. The van der Waals surface area contributed by atoms with E-state index >= 15 is 0 Å². The minimum absolute atomic E-state index is 0.966. The first-order chi connectivity index (χ1) is 11.9. The van der Waals surface area contributed by atoms with Crippen LogP contribution in [0.2, 0.25) is 0 Å². The third kappa shape index (κ3) is 1.42. The van der Waals surface area contributed by atoms with Crippen molar-refractivity contribution < 1.29 is 0 Å². The average Bonchev–Trinajstić information content (AvgIpc) is 3.26. The van der Waals surface area contributed by atoms with E-state index in [-0.39, 0.29) is 0 Å². The molecule has 112 valence electrons. The first-order valence-corrected chi connectivity index (χ1v) is 8.66. The molecule has 0 fully saturated rings. The molecule has 4 heteroatoms. The van der Waals surface area contributed by atoms with Crippen molar-refractivity contribution >= 4 is 58.8 Å². The summed E-state index contributed by atoms with van der Waals surface area (Å²) in [4.78, 5) is 8.89. The third-order valence-corrected chi connectivity index (χ3v) is 5.89. The maximum absolute atomic E-state index is 4.59. The predicted octanol–water partition coefficient (Wildman–Crippen LogP) is 5.40. The van der Waals surface area contributed by atoms with E-state index in [0.717, 1.165) is 11.0 Å². The molecule has 24 heavy (non-hydrogen) atoms. The topological polar surface area (TPSA) is 30.2 Å². The Kier molecular flexibility index (Phi) is 2.23. The van der Waals surface area contributed by atoms with Gasteiger partial charge in [0, 0.05) is 55.7 Å². The summed E-state index contributed by atoms with van der Waals surface area (Å²) in [6.45, 7) is 0. The highest BCUT2D eigenvalue weighted by molar-refractivity contribution is 7.26. The molecule has 0 bridgehead atoms. The lowest BCUT2D eigenvalue weighted by atomic mass is 10.0. The number of imidazole rings is 1. The van der Waals surface area contributed by atoms with Gasteiger partial charge in [0.15, 0.2) is 0 Å². The third-order valence-electron chi connectivity index (χ3n) is 4.75. The standard InChI is InChI=1S/C20H11N3S/c1-2-4-16-14(3-1)18-17(24-16)6-5-13-12-7-8-21-11-15(12)20-22-9-10-23(20)19(13)18/h1-11H. The Bertz CT molecular complexity index is 1410. The Hall–Kier alpha value is -2.98. The van der Waals surface area contributed by atoms with E-state index in [4.69, 9.17) is 0 Å². The molecule has 0 spiro atoms. The molecule has 0 saturated carbocycles. The average molecular weight is 325 g/mol. The van der Waals surface area contributed by atoms with Crippen molar-refractivity contribution in [1.29, 1.82) is 0 Å². The molecule has 0 amide bonds. The van der Waals surface area contributed by atoms with Crippen LogP contribution < -0.4 is 0 Å². The number of hydrogen-bond donors (Lipinski definition) is 0. The number of aromatic nitrogens is 3. The van der Waals surface area contributed by atoms with Gasteiger partial charge in [0.1, 0.15) is 5.65 Å². The van der Waals surface area contributed by atoms with Crippen molar-refractivity contribution in [2.24, 2.45) is 0 Å². The zero-order valence-electron chi connectivity index (χ0n) is 12.6. The van der Waals surface area contributed by atoms with Gasteiger partial charge in [0.25, 0.3) is 0 Å². The molecule has 0 aliphatic rings. The normalized spacial score (nSPS) is 12.2. The first kappa shape index (κ1) is 12.4. The zero-order chi connectivity index (χ0) is 15.7. The van der Waals surface area contributed by atoms with E-state index in [1.165, 1.54) is 36.5 Å². The van der Waals surface area contributed by atoms with Crippen molar-refractivity contribution in [3.8, 4) is 0 Å². The lowest BCUT2D eigenvalue weighted by molar-refractivity contribution is 1.27. The largest absolute Gasteiger partial charge is 0.298 e. The van der Waals surface area contributed by atoms with Crippen LogP contribution in [0.25, 0.3) is 47.5 Å². The van der Waals surface area contributed by atoms with Crippen LogP contribution in [0.3, 0.4) is 0 Å². The molecule has 0 aliphatic heterocycles. The molecule has 0 radical (unpaired) electrons. The second-order valence-electron chi connectivity index (χ2n) is 5.98. The summed E-state index contributed by atoms with van der Waals surface area (Å²) < 4.78 is 4.84. The van der Waals surface area contributed by atoms with E-state index in [1.54, 1.807) is 0 Å². The summed E-state index contributed by atoms with van der Waals surface area (Å²) in [6.07, 6.45) is 7.69. The number of benzene rings is 2. The fraction of sp³-hybridized carbons (Fsp3) is 0. The Balaban J connectivity index is 2.06. The van der Waals surface area contributed by atoms with Gasteiger partial charge in [-0.05, 0) is 23.6 Å². The molecule has 0 aliphatic carbocycles. The Morgan fingerprint density at radius 3 is 2.75 bits per heavy atom. The molecular weight excluding hydrogens is 314 g/mol. The summed E-state index contributed by atoms with van der Waals surface area (Å²) in [5.41, 5.74) is 2.20. The number of nitrogens with zero attached hydrogens (tertiary/aromatic N) is 3. The van der Waals surface area contributed by atoms with Crippen LogP contribution in [0, 0.1) is 0 Å². The van der Waals surface area contributed by atoms with Crippen LogP contribution in [0.5, 0.6) is 0 Å². The summed E-state index contributed by atoms with van der Waals surface area (Å²) in [5, 5.41) is 6.17. The van der Waals surface area contributed by atoms with Crippen molar-refractivity contribution in [2.75, 3.05) is 0 Å². The monoisotopic (exact) mass is 325 g/mol. The molecule has 3 nitrogen and oxygen atoms in total. The number of thiophene rings is 1. The van der Waals surface area contributed by atoms with Gasteiger partial charge >= 0.3 is 0 Å². The molecule has 4 heterocycles. The summed E-state index contributed by atoms with van der Waals surface area (Å²) in [7, 11) is 0. The van der Waals surface area contributed by atoms with Crippen LogP contribution in [0.15, 0.2) is 67.3 Å². The molecule has 0 saturated heterocycles. The van der Waals surface area contributed by atoms with E-state index in [0.29, 0.717) is 0 Å². The Morgan fingerprint density at radius 2 is 1.75 bits per heavy atom. The highest BCUT2D eigenvalue weighted by Gasteiger charge is 2.15. The van der Waals surface area contributed by atoms with Gasteiger partial charge in [-0.25, -0.2) is 4.98 Å². The summed E-state index contributed by atoms with van der Waals surface area (Å²) in [5.74, 6) is 0. The lowest BCUT2D eigenvalue weighted by Gasteiger charge is -2.09. The molecule has 2 aromatic carbocycles. The van der Waals surface area contributed by atoms with E-state index in [9.17, 15) is 0 Å². The van der Waals surface area contributed by atoms with Gasteiger partial charge in [-0.2, -0.15) is 0 Å². The van der Waals surface area contributed by atoms with Crippen LogP contribution in [-0.2, 0) is 0 Å². The van der Waals surface area contributed by atoms with Crippen molar-refractivity contribution in [1.82, 2.24) is 14.4 Å². The van der Waals surface area contributed by atoms with E-state index in [2.05, 4.69) is 63.0 Å². The van der Waals surface area contributed by atoms with Crippen LogP contribution in [-0.4, -0.2) is 14.4 Å². The fourth-order valence-corrected chi connectivity index (χ4v) is 4.87. The highest BCUT2D eigenvalue weighted by atomic mass is 32.1. The Labute approximate surface area is 140 Å². The lowest BCUT2D eigenvalue weighted by Crippen LogP contribution is -1.91. The maximum Gasteiger partial charge on any atom is 0.146 e. The molecule has 4 aromatic heterocycles. The molecular formula is C20H11N3S.